The Morgan fingerprint density at radius 1 is 1.31 bits per heavy atom. The quantitative estimate of drug-likeness (QED) is 0.695. The molecule has 0 fully saturated rings. The van der Waals surface area contributed by atoms with E-state index in [2.05, 4.69) is 9.97 Å². The topological polar surface area (TPSA) is 28.7 Å². The molecule has 0 aromatic carbocycles. The molecule has 0 aliphatic heterocycles. The lowest BCUT2D eigenvalue weighted by molar-refractivity contribution is 1.29. The van der Waals surface area contributed by atoms with Gasteiger partial charge in [0.2, 0.25) is 0 Å². The molecule has 1 heterocycles. The van der Waals surface area contributed by atoms with E-state index in [1.807, 2.05) is 52.0 Å². The summed E-state index contributed by atoms with van der Waals surface area (Å²) in [7, 11) is 0. The maximum Gasteiger partial charge on any atom is 0.0931 e. The molecule has 72 valence electrons. The largest absolute Gasteiger partial charge is 0.345 e. The first-order valence-electron chi connectivity index (χ1n) is 4.67. The molecule has 1 rings (SSSR count). The normalized spacial score (nSPS) is 13.2. The monoisotopic (exact) mass is 178 g/mol. The minimum Gasteiger partial charge on any atom is -0.345 e. The van der Waals surface area contributed by atoms with Gasteiger partial charge in [-0.25, -0.2) is 4.98 Å². The van der Waals surface area contributed by atoms with Crippen LogP contribution in [0.15, 0.2) is 18.5 Å². The highest BCUT2D eigenvalue weighted by molar-refractivity contribution is 5.34. The van der Waals surface area contributed by atoms with Gasteiger partial charge in [0.05, 0.1) is 17.0 Å². The molecule has 1 aromatic heterocycles. The Morgan fingerprint density at radius 3 is 2.54 bits per heavy atom. The molecule has 0 aliphatic carbocycles. The first-order valence-corrected chi connectivity index (χ1v) is 4.67. The maximum absolute atomic E-state index is 4.11. The number of rotatable bonds is 1. The molecule has 0 bridgehead atoms. The van der Waals surface area contributed by atoms with E-state index in [9.17, 15) is 0 Å². The molecule has 0 amide bonds. The zero-order valence-electron chi connectivity index (χ0n) is 8.83. The number of aromatic nitrogens is 2. The van der Waals surface area contributed by atoms with Gasteiger partial charge in [-0.1, -0.05) is 32.1 Å². The van der Waals surface area contributed by atoms with Gasteiger partial charge in [0.15, 0.2) is 0 Å². The van der Waals surface area contributed by atoms with Crippen molar-refractivity contribution in [3.63, 3.8) is 0 Å². The minimum absolute atomic E-state index is 1.00. The first kappa shape index (κ1) is 11.7. The van der Waals surface area contributed by atoms with E-state index in [0.29, 0.717) is 0 Å². The fourth-order valence-electron chi connectivity index (χ4n) is 0.871. The number of allylic oxidation sites excluding steroid dienone is 2. The summed E-state index contributed by atoms with van der Waals surface area (Å²) in [4.78, 5) is 7.15. The van der Waals surface area contributed by atoms with Crippen molar-refractivity contribution < 1.29 is 0 Å². The lowest BCUT2D eigenvalue weighted by atomic mass is 10.4. The number of nitrogens with one attached hydrogen (secondary N) is 1. The highest BCUT2D eigenvalue weighted by Gasteiger charge is 1.81. The van der Waals surface area contributed by atoms with Crippen molar-refractivity contribution >= 4 is 12.2 Å². The van der Waals surface area contributed by atoms with E-state index < -0.39 is 0 Å². The van der Waals surface area contributed by atoms with Crippen LogP contribution in [0.5, 0.6) is 0 Å². The van der Waals surface area contributed by atoms with E-state index >= 15 is 0 Å². The van der Waals surface area contributed by atoms with Crippen molar-refractivity contribution in [2.45, 2.75) is 27.7 Å². The average Bonchev–Trinajstić information content (AvgIpc) is 2.65. The lowest BCUT2D eigenvalue weighted by Crippen LogP contribution is -2.23. The van der Waals surface area contributed by atoms with E-state index in [1.54, 1.807) is 6.33 Å². The Kier molecular flexibility index (Phi) is 6.60. The predicted octanol–water partition coefficient (Wildman–Crippen LogP) is 1.59. The molecule has 0 saturated heterocycles. The first-order chi connectivity index (χ1) is 6.38. The van der Waals surface area contributed by atoms with E-state index in [-0.39, 0.29) is 0 Å². The van der Waals surface area contributed by atoms with Crippen LogP contribution in [0.25, 0.3) is 12.2 Å². The zero-order valence-corrected chi connectivity index (χ0v) is 8.83. The third-order valence-electron chi connectivity index (χ3n) is 1.43. The van der Waals surface area contributed by atoms with Gasteiger partial charge in [0.1, 0.15) is 0 Å². The summed E-state index contributed by atoms with van der Waals surface area (Å²) in [6, 6.07) is 0. The molecule has 0 spiro atoms. The molecule has 1 N–H and O–H groups in total. The maximum atomic E-state index is 4.11. The average molecular weight is 178 g/mol. The van der Waals surface area contributed by atoms with E-state index in [1.165, 1.54) is 0 Å². The van der Waals surface area contributed by atoms with Crippen molar-refractivity contribution in [3.8, 4) is 0 Å². The fraction of sp³-hybridized carbons (Fsp3) is 0.364. The van der Waals surface area contributed by atoms with Crippen LogP contribution >= 0.6 is 0 Å². The summed E-state index contributed by atoms with van der Waals surface area (Å²) in [5.74, 6) is 0. The van der Waals surface area contributed by atoms with Gasteiger partial charge in [-0.05, 0) is 19.9 Å². The highest BCUT2D eigenvalue weighted by atomic mass is 14.8. The Balaban J connectivity index is 0.000000671. The van der Waals surface area contributed by atoms with Gasteiger partial charge in [-0.15, -0.1) is 0 Å². The number of hydrogen-bond acceptors (Lipinski definition) is 1. The van der Waals surface area contributed by atoms with Crippen LogP contribution in [0.1, 0.15) is 27.7 Å². The molecule has 0 atom stereocenters. The lowest BCUT2D eigenvalue weighted by Gasteiger charge is -1.73. The third-order valence-corrected chi connectivity index (χ3v) is 1.43. The Bertz CT molecular complexity index is 344. The summed E-state index contributed by atoms with van der Waals surface area (Å²) < 4.78 is 0. The van der Waals surface area contributed by atoms with Crippen molar-refractivity contribution in [2.75, 3.05) is 0 Å². The van der Waals surface area contributed by atoms with Crippen molar-refractivity contribution in [1.29, 1.82) is 0 Å². The predicted molar refractivity (Wildman–Crippen MR) is 58.6 cm³/mol. The molecule has 0 aliphatic rings. The van der Waals surface area contributed by atoms with Gasteiger partial charge < -0.3 is 4.98 Å². The SMILES string of the molecule is CC.C\C=C/C=c1/[nH]cn/c1=C/C. The van der Waals surface area contributed by atoms with Crippen LogP contribution < -0.4 is 10.7 Å². The number of imidazole rings is 1. The van der Waals surface area contributed by atoms with Crippen molar-refractivity contribution in [2.24, 2.45) is 0 Å². The Hall–Kier alpha value is -1.31. The molecule has 2 nitrogen and oxygen atoms in total. The third kappa shape index (κ3) is 3.74. The molecule has 1 aromatic rings. The summed E-state index contributed by atoms with van der Waals surface area (Å²) in [5.41, 5.74) is 0. The summed E-state index contributed by atoms with van der Waals surface area (Å²) in [6.07, 6.45) is 9.65. The van der Waals surface area contributed by atoms with Gasteiger partial charge >= 0.3 is 0 Å². The Morgan fingerprint density at radius 2 is 2.00 bits per heavy atom. The summed E-state index contributed by atoms with van der Waals surface area (Å²) in [5, 5.41) is 2.06. The molecule has 0 unspecified atom stereocenters. The van der Waals surface area contributed by atoms with Gasteiger partial charge in [-0.3, -0.25) is 0 Å². The molecular formula is C11H18N2. The van der Waals surface area contributed by atoms with Crippen LogP contribution in [-0.2, 0) is 0 Å². The minimum atomic E-state index is 1.00. The summed E-state index contributed by atoms with van der Waals surface area (Å²) >= 11 is 0. The fourth-order valence-corrected chi connectivity index (χ4v) is 0.871. The summed E-state index contributed by atoms with van der Waals surface area (Å²) in [6.45, 7) is 7.96. The zero-order chi connectivity index (χ0) is 10.1. The number of aromatic amines is 1. The van der Waals surface area contributed by atoms with Crippen LogP contribution in [0.3, 0.4) is 0 Å². The van der Waals surface area contributed by atoms with Crippen molar-refractivity contribution in [3.05, 3.63) is 29.2 Å². The van der Waals surface area contributed by atoms with Crippen LogP contribution in [0, 0.1) is 0 Å². The second kappa shape index (κ2) is 7.35. The molecule has 13 heavy (non-hydrogen) atoms. The van der Waals surface area contributed by atoms with Gasteiger partial charge in [0, 0.05) is 0 Å². The second-order valence-corrected chi connectivity index (χ2v) is 2.18. The van der Waals surface area contributed by atoms with Crippen LogP contribution in [-0.4, -0.2) is 9.97 Å². The number of nitrogens with zero attached hydrogens (tertiary/aromatic N) is 1. The van der Waals surface area contributed by atoms with Gasteiger partial charge in [0.25, 0.3) is 0 Å². The van der Waals surface area contributed by atoms with E-state index in [4.69, 9.17) is 0 Å². The van der Waals surface area contributed by atoms with Crippen LogP contribution in [0.4, 0.5) is 0 Å². The molecule has 0 saturated carbocycles. The standard InChI is InChI=1S/C9H12N2.C2H6/c1-3-5-6-9-8(4-2)10-7-11-9;1-2/h3-7H,1-2H3,(H,10,11);1-2H3/b5-3-,8-4+,9-6+;. The Labute approximate surface area is 79.7 Å². The number of hydrogen-bond donors (Lipinski definition) is 1. The van der Waals surface area contributed by atoms with Crippen LogP contribution in [0.2, 0.25) is 0 Å². The second-order valence-electron chi connectivity index (χ2n) is 2.18. The molecular weight excluding hydrogens is 160 g/mol. The number of H-pyrrole nitrogens is 1. The molecule has 0 radical (unpaired) electrons. The van der Waals surface area contributed by atoms with E-state index in [0.717, 1.165) is 10.7 Å². The smallest absolute Gasteiger partial charge is 0.0931 e. The highest BCUT2D eigenvalue weighted by Crippen LogP contribution is 1.68. The molecule has 2 heteroatoms. The van der Waals surface area contributed by atoms with Gasteiger partial charge in [-0.2, -0.15) is 0 Å². The van der Waals surface area contributed by atoms with Crippen molar-refractivity contribution in [1.82, 2.24) is 9.97 Å².